The van der Waals surface area contributed by atoms with Gasteiger partial charge in [0.25, 0.3) is 11.5 Å². The molecule has 1 heterocycles. The van der Waals surface area contributed by atoms with Gasteiger partial charge >= 0.3 is 0 Å². The van der Waals surface area contributed by atoms with Crippen LogP contribution in [0.4, 0.5) is 0 Å². The summed E-state index contributed by atoms with van der Waals surface area (Å²) < 4.78 is 0. The molecular formula is C17H18N2O2. The van der Waals surface area contributed by atoms with Crippen molar-refractivity contribution >= 4 is 16.8 Å². The zero-order chi connectivity index (χ0) is 14.6. The average Bonchev–Trinajstić information content (AvgIpc) is 2.34. The number of nitrogens with two attached hydrogens (primary N) is 1. The maximum absolute atomic E-state index is 11.8. The molecule has 21 heavy (non-hydrogen) atoms. The first-order valence-electron chi connectivity index (χ1n) is 7.53. The summed E-state index contributed by atoms with van der Waals surface area (Å²) in [5.74, 6) is -0.0674. The Morgan fingerprint density at radius 2 is 2.00 bits per heavy atom. The Hall–Kier alpha value is -2.10. The second kappa shape index (κ2) is 4.20. The number of aromatic amines is 1. The zero-order valence-electron chi connectivity index (χ0n) is 11.8. The summed E-state index contributed by atoms with van der Waals surface area (Å²) in [6, 6.07) is 7.71. The number of hydrogen-bond donors (Lipinski definition) is 2. The summed E-state index contributed by atoms with van der Waals surface area (Å²) >= 11 is 0. The van der Waals surface area contributed by atoms with Gasteiger partial charge in [-0.2, -0.15) is 0 Å². The number of carbonyl (C=O) groups excluding carboxylic acids is 1. The van der Waals surface area contributed by atoms with Crippen LogP contribution in [0.2, 0.25) is 0 Å². The molecule has 4 rings (SSSR count). The van der Waals surface area contributed by atoms with E-state index >= 15 is 0 Å². The van der Waals surface area contributed by atoms with Crippen molar-refractivity contribution < 1.29 is 4.79 Å². The lowest BCUT2D eigenvalue weighted by molar-refractivity contribution is 0.00904. The minimum Gasteiger partial charge on any atom is -0.365 e. The molecule has 2 fully saturated rings. The minimum atomic E-state index is -0.687. The third-order valence-corrected chi connectivity index (χ3v) is 5.38. The van der Waals surface area contributed by atoms with Crippen LogP contribution < -0.4 is 11.3 Å². The van der Waals surface area contributed by atoms with Gasteiger partial charge < -0.3 is 10.7 Å². The number of amides is 1. The summed E-state index contributed by atoms with van der Waals surface area (Å²) in [7, 11) is 0. The third kappa shape index (κ3) is 1.89. The van der Waals surface area contributed by atoms with Crippen molar-refractivity contribution in [2.45, 2.75) is 38.0 Å². The Morgan fingerprint density at radius 3 is 2.62 bits per heavy atom. The smallest absolute Gasteiger partial charge is 0.261 e. The Labute approximate surface area is 122 Å². The van der Waals surface area contributed by atoms with Gasteiger partial charge in [0, 0.05) is 5.52 Å². The van der Waals surface area contributed by atoms with Crippen LogP contribution in [0.3, 0.4) is 0 Å². The second-order valence-corrected chi connectivity index (χ2v) is 6.68. The first-order valence-corrected chi connectivity index (χ1v) is 7.53. The number of hydrogen-bond acceptors (Lipinski definition) is 2. The molecule has 3 N–H and O–H groups in total. The monoisotopic (exact) mass is 282 g/mol. The van der Waals surface area contributed by atoms with Crippen molar-refractivity contribution in [3.05, 3.63) is 45.7 Å². The molecule has 4 heteroatoms. The lowest BCUT2D eigenvalue weighted by Gasteiger charge is -2.54. The molecule has 0 atom stereocenters. The van der Waals surface area contributed by atoms with E-state index in [1.807, 2.05) is 6.07 Å². The highest BCUT2D eigenvalue weighted by Crippen LogP contribution is 2.61. The van der Waals surface area contributed by atoms with Crippen molar-refractivity contribution in [3.63, 3.8) is 0 Å². The lowest BCUT2D eigenvalue weighted by atomic mass is 9.51. The maximum Gasteiger partial charge on any atom is 0.261 e. The first-order chi connectivity index (χ1) is 10.1. The van der Waals surface area contributed by atoms with Crippen molar-refractivity contribution in [1.29, 1.82) is 0 Å². The fraction of sp³-hybridized carbons (Fsp3) is 0.412. The van der Waals surface area contributed by atoms with Gasteiger partial charge in [-0.1, -0.05) is 18.6 Å². The standard InChI is InChI=1S/C17H18N2O2/c18-15(20)13-6-11-3-2-10(7-14(11)19-16(13)21)12-8-17(9-12)4-1-5-17/h2-3,6-7,12H,1,4-5,8-9H2,(H2,18,20)(H,19,21). The average molecular weight is 282 g/mol. The van der Waals surface area contributed by atoms with Crippen LogP contribution in [0.15, 0.2) is 29.1 Å². The molecule has 4 nitrogen and oxygen atoms in total. The van der Waals surface area contributed by atoms with Gasteiger partial charge in [-0.25, -0.2) is 0 Å². The quantitative estimate of drug-likeness (QED) is 0.888. The number of benzene rings is 1. The number of aromatic nitrogens is 1. The molecule has 0 saturated heterocycles. The fourth-order valence-electron chi connectivity index (χ4n) is 3.96. The molecule has 2 aliphatic rings. The fourth-order valence-corrected chi connectivity index (χ4v) is 3.96. The molecule has 2 aliphatic carbocycles. The third-order valence-electron chi connectivity index (χ3n) is 5.38. The predicted molar refractivity (Wildman–Crippen MR) is 81.3 cm³/mol. The summed E-state index contributed by atoms with van der Waals surface area (Å²) in [6.45, 7) is 0. The SMILES string of the molecule is NC(=O)c1cc2ccc(C3CC4(CCC4)C3)cc2[nH]c1=O. The number of primary amides is 1. The van der Waals surface area contributed by atoms with E-state index in [1.54, 1.807) is 6.07 Å². The number of H-pyrrole nitrogens is 1. The van der Waals surface area contributed by atoms with E-state index in [0.29, 0.717) is 11.3 Å². The number of fused-ring (bicyclic) bond motifs is 1. The number of carbonyl (C=O) groups is 1. The Morgan fingerprint density at radius 1 is 1.24 bits per heavy atom. The van der Waals surface area contributed by atoms with Crippen LogP contribution in [0.1, 0.15) is 53.9 Å². The summed E-state index contributed by atoms with van der Waals surface area (Å²) in [5, 5.41) is 0.852. The molecule has 2 aromatic rings. The van der Waals surface area contributed by atoms with E-state index in [1.165, 1.54) is 37.7 Å². The van der Waals surface area contributed by atoms with Crippen LogP contribution in [-0.4, -0.2) is 10.9 Å². The predicted octanol–water partition coefficient (Wildman–Crippen LogP) is 2.67. The highest BCUT2D eigenvalue weighted by Gasteiger charge is 2.48. The van der Waals surface area contributed by atoms with Crippen molar-refractivity contribution in [3.8, 4) is 0 Å². The Bertz CT molecular complexity index is 794. The normalized spacial score (nSPS) is 20.2. The molecule has 2 saturated carbocycles. The van der Waals surface area contributed by atoms with Crippen molar-refractivity contribution in [2.24, 2.45) is 11.1 Å². The van der Waals surface area contributed by atoms with Gasteiger partial charge in [0.2, 0.25) is 0 Å². The highest BCUT2D eigenvalue weighted by molar-refractivity contribution is 5.96. The van der Waals surface area contributed by atoms with Gasteiger partial charge in [-0.05, 0) is 60.1 Å². The van der Waals surface area contributed by atoms with Gasteiger partial charge in [-0.3, -0.25) is 9.59 Å². The number of pyridine rings is 1. The molecule has 0 unspecified atom stereocenters. The lowest BCUT2D eigenvalue weighted by Crippen LogP contribution is -2.41. The van der Waals surface area contributed by atoms with Crippen molar-refractivity contribution in [1.82, 2.24) is 4.98 Å². The first kappa shape index (κ1) is 12.6. The molecular weight excluding hydrogens is 264 g/mol. The molecule has 108 valence electrons. The largest absolute Gasteiger partial charge is 0.365 e. The summed E-state index contributed by atoms with van der Waals surface area (Å²) in [6.07, 6.45) is 6.71. The van der Waals surface area contributed by atoms with Crippen LogP contribution in [0, 0.1) is 5.41 Å². The number of nitrogens with one attached hydrogen (secondary N) is 1. The summed E-state index contributed by atoms with van der Waals surface area (Å²) in [5.41, 5.74) is 7.55. The minimum absolute atomic E-state index is 0.0207. The molecule has 1 aromatic carbocycles. The Kier molecular flexibility index (Phi) is 2.52. The zero-order valence-corrected chi connectivity index (χ0v) is 11.8. The molecule has 0 radical (unpaired) electrons. The van der Waals surface area contributed by atoms with E-state index in [9.17, 15) is 9.59 Å². The topological polar surface area (TPSA) is 76.0 Å². The van der Waals surface area contributed by atoms with E-state index in [0.717, 1.165) is 10.9 Å². The molecule has 0 aliphatic heterocycles. The maximum atomic E-state index is 11.8. The van der Waals surface area contributed by atoms with Gasteiger partial charge in [0.1, 0.15) is 5.56 Å². The number of rotatable bonds is 2. The van der Waals surface area contributed by atoms with E-state index in [-0.39, 0.29) is 5.56 Å². The van der Waals surface area contributed by atoms with Crippen LogP contribution in [0.25, 0.3) is 10.9 Å². The van der Waals surface area contributed by atoms with Crippen LogP contribution in [0.5, 0.6) is 0 Å². The van der Waals surface area contributed by atoms with Crippen molar-refractivity contribution in [2.75, 3.05) is 0 Å². The van der Waals surface area contributed by atoms with Gasteiger partial charge in [0.15, 0.2) is 0 Å². The molecule has 0 bridgehead atoms. The summed E-state index contributed by atoms with van der Waals surface area (Å²) in [4.78, 5) is 25.8. The molecule has 1 spiro atoms. The van der Waals surface area contributed by atoms with E-state index in [2.05, 4.69) is 17.1 Å². The highest BCUT2D eigenvalue weighted by atomic mass is 16.2. The van der Waals surface area contributed by atoms with E-state index < -0.39 is 11.5 Å². The van der Waals surface area contributed by atoms with E-state index in [4.69, 9.17) is 5.73 Å². The van der Waals surface area contributed by atoms with Gasteiger partial charge in [-0.15, -0.1) is 0 Å². The van der Waals surface area contributed by atoms with Gasteiger partial charge in [0.05, 0.1) is 0 Å². The Balaban J connectivity index is 1.69. The van der Waals surface area contributed by atoms with Crippen LogP contribution >= 0.6 is 0 Å². The second-order valence-electron chi connectivity index (χ2n) is 6.68. The van der Waals surface area contributed by atoms with Crippen LogP contribution in [-0.2, 0) is 0 Å². The molecule has 1 aromatic heterocycles. The molecule has 1 amide bonds.